The van der Waals surface area contributed by atoms with Crippen molar-refractivity contribution < 1.29 is 9.53 Å². The van der Waals surface area contributed by atoms with Crippen molar-refractivity contribution >= 4 is 6.09 Å². The number of hydrogen-bond donors (Lipinski definition) is 0. The number of rotatable bonds is 3. The largest absolute Gasteiger partial charge is 0.445 e. The van der Waals surface area contributed by atoms with Crippen molar-refractivity contribution in [1.82, 2.24) is 9.80 Å². The summed E-state index contributed by atoms with van der Waals surface area (Å²) in [5.74, 6) is 0. The Morgan fingerprint density at radius 1 is 1.35 bits per heavy atom. The fourth-order valence-electron chi connectivity index (χ4n) is 2.55. The maximum atomic E-state index is 12.2. The molecular formula is C16H24N2O2. The van der Waals surface area contributed by atoms with E-state index in [4.69, 9.17) is 4.74 Å². The van der Waals surface area contributed by atoms with Crippen molar-refractivity contribution in [2.45, 2.75) is 31.9 Å². The first-order valence-corrected chi connectivity index (χ1v) is 7.14. The van der Waals surface area contributed by atoms with Crippen LogP contribution in [0.5, 0.6) is 0 Å². The second-order valence-electron chi connectivity index (χ2n) is 5.96. The molecule has 0 unspecified atom stereocenters. The van der Waals surface area contributed by atoms with Gasteiger partial charge in [-0.15, -0.1) is 0 Å². The number of nitrogens with zero attached hydrogens (tertiary/aromatic N) is 2. The summed E-state index contributed by atoms with van der Waals surface area (Å²) in [6.45, 7) is 4.06. The van der Waals surface area contributed by atoms with E-state index in [1.54, 1.807) is 0 Å². The summed E-state index contributed by atoms with van der Waals surface area (Å²) in [6.07, 6.45) is 1.93. The van der Waals surface area contributed by atoms with Gasteiger partial charge in [-0.25, -0.2) is 4.79 Å². The summed E-state index contributed by atoms with van der Waals surface area (Å²) >= 11 is 0. The van der Waals surface area contributed by atoms with E-state index >= 15 is 0 Å². The van der Waals surface area contributed by atoms with Crippen molar-refractivity contribution in [3.8, 4) is 0 Å². The van der Waals surface area contributed by atoms with Gasteiger partial charge in [-0.1, -0.05) is 30.3 Å². The van der Waals surface area contributed by atoms with Gasteiger partial charge in [-0.05, 0) is 39.4 Å². The molecule has 1 heterocycles. The van der Waals surface area contributed by atoms with Crippen LogP contribution in [0.15, 0.2) is 30.3 Å². The van der Waals surface area contributed by atoms with Crippen LogP contribution in [0.3, 0.4) is 0 Å². The molecule has 1 aliphatic rings. The molecule has 0 N–H and O–H groups in total. The van der Waals surface area contributed by atoms with Crippen LogP contribution in [-0.2, 0) is 11.3 Å². The number of benzene rings is 1. The zero-order valence-corrected chi connectivity index (χ0v) is 12.6. The lowest BCUT2D eigenvalue weighted by molar-refractivity contribution is 0.0382. The minimum Gasteiger partial charge on any atom is -0.445 e. The quantitative estimate of drug-likeness (QED) is 0.851. The Bertz CT molecular complexity index is 447. The Balaban J connectivity index is 1.89. The number of hydrogen-bond acceptors (Lipinski definition) is 3. The van der Waals surface area contributed by atoms with Crippen molar-refractivity contribution in [2.75, 3.05) is 27.2 Å². The van der Waals surface area contributed by atoms with Crippen LogP contribution in [0.25, 0.3) is 0 Å². The fraction of sp³-hybridized carbons (Fsp3) is 0.562. The third-order valence-electron chi connectivity index (χ3n) is 4.22. The average molecular weight is 276 g/mol. The van der Waals surface area contributed by atoms with Crippen molar-refractivity contribution in [1.29, 1.82) is 0 Å². The normalized spacial score (nSPS) is 22.9. The highest BCUT2D eigenvalue weighted by Gasteiger charge is 2.35. The van der Waals surface area contributed by atoms with Gasteiger partial charge in [0.15, 0.2) is 0 Å². The smallest absolute Gasteiger partial charge is 0.410 e. The number of carbonyl (C=O) groups excluding carboxylic acids is 1. The van der Waals surface area contributed by atoms with Gasteiger partial charge in [-0.2, -0.15) is 0 Å². The van der Waals surface area contributed by atoms with Crippen molar-refractivity contribution in [3.63, 3.8) is 0 Å². The first-order valence-electron chi connectivity index (χ1n) is 7.14. The van der Waals surface area contributed by atoms with Gasteiger partial charge < -0.3 is 14.5 Å². The molecule has 4 nitrogen and oxygen atoms in total. The number of likely N-dealkylation sites (N-methyl/N-ethyl adjacent to an activating group) is 1. The molecule has 1 aromatic rings. The lowest BCUT2D eigenvalue weighted by atomic mass is 9.90. The molecule has 1 amide bonds. The minimum absolute atomic E-state index is 0.0457. The Morgan fingerprint density at radius 2 is 2.05 bits per heavy atom. The molecule has 0 radical (unpaired) electrons. The van der Waals surface area contributed by atoms with E-state index in [0.717, 1.165) is 31.5 Å². The van der Waals surface area contributed by atoms with Gasteiger partial charge in [0.25, 0.3) is 0 Å². The highest BCUT2D eigenvalue weighted by Crippen LogP contribution is 2.25. The minimum atomic E-state index is -0.207. The van der Waals surface area contributed by atoms with E-state index in [1.165, 1.54) is 0 Å². The number of ether oxygens (including phenoxy) is 1. The van der Waals surface area contributed by atoms with Gasteiger partial charge in [0, 0.05) is 18.6 Å². The number of carbonyl (C=O) groups is 1. The molecule has 1 aromatic carbocycles. The molecule has 0 aromatic heterocycles. The number of likely N-dealkylation sites (tertiary alicyclic amines) is 1. The molecule has 1 saturated heterocycles. The zero-order valence-electron chi connectivity index (χ0n) is 12.6. The summed E-state index contributed by atoms with van der Waals surface area (Å²) in [5, 5.41) is 0. The molecule has 0 saturated carbocycles. The highest BCUT2D eigenvalue weighted by molar-refractivity contribution is 5.68. The molecule has 0 spiro atoms. The monoisotopic (exact) mass is 276 g/mol. The van der Waals surface area contributed by atoms with Gasteiger partial charge in [-0.3, -0.25) is 0 Å². The van der Waals surface area contributed by atoms with Crippen LogP contribution in [0, 0.1) is 0 Å². The summed E-state index contributed by atoms with van der Waals surface area (Å²) in [5.41, 5.74) is 1.07. The Morgan fingerprint density at radius 3 is 2.70 bits per heavy atom. The number of amides is 1. The Hall–Kier alpha value is -1.55. The fourth-order valence-corrected chi connectivity index (χ4v) is 2.55. The SMILES string of the molecule is CN(C)[C@]1(C)CCCN(C(=O)OCc2ccccc2)C1. The number of piperidine rings is 1. The molecule has 4 heteroatoms. The third kappa shape index (κ3) is 3.51. The Labute approximate surface area is 121 Å². The van der Waals surface area contributed by atoms with Crippen LogP contribution in [0.4, 0.5) is 4.79 Å². The summed E-state index contributed by atoms with van der Waals surface area (Å²) in [6, 6.07) is 9.79. The predicted molar refractivity (Wildman–Crippen MR) is 79.5 cm³/mol. The molecule has 1 atom stereocenters. The van der Waals surface area contributed by atoms with E-state index < -0.39 is 0 Å². The van der Waals surface area contributed by atoms with Gasteiger partial charge >= 0.3 is 6.09 Å². The highest BCUT2D eigenvalue weighted by atomic mass is 16.6. The zero-order chi connectivity index (χ0) is 14.6. The molecule has 20 heavy (non-hydrogen) atoms. The summed E-state index contributed by atoms with van der Waals surface area (Å²) in [7, 11) is 4.14. The van der Waals surface area contributed by atoms with Crippen LogP contribution in [0.2, 0.25) is 0 Å². The van der Waals surface area contributed by atoms with Crippen molar-refractivity contribution in [2.24, 2.45) is 0 Å². The maximum Gasteiger partial charge on any atom is 0.410 e. The summed E-state index contributed by atoms with van der Waals surface area (Å²) < 4.78 is 5.41. The second-order valence-corrected chi connectivity index (χ2v) is 5.96. The van der Waals surface area contributed by atoms with Crippen LogP contribution >= 0.6 is 0 Å². The van der Waals surface area contributed by atoms with E-state index in [0.29, 0.717) is 6.61 Å². The lowest BCUT2D eigenvalue weighted by Crippen LogP contribution is -2.55. The molecular weight excluding hydrogens is 252 g/mol. The van der Waals surface area contributed by atoms with Gasteiger partial charge in [0.1, 0.15) is 6.61 Å². The van der Waals surface area contributed by atoms with E-state index in [2.05, 4.69) is 25.9 Å². The van der Waals surface area contributed by atoms with Gasteiger partial charge in [0.05, 0.1) is 0 Å². The van der Waals surface area contributed by atoms with E-state index in [9.17, 15) is 4.79 Å². The van der Waals surface area contributed by atoms with Gasteiger partial charge in [0.2, 0.25) is 0 Å². The maximum absolute atomic E-state index is 12.2. The lowest BCUT2D eigenvalue weighted by Gasteiger charge is -2.44. The molecule has 1 fully saturated rings. The first kappa shape index (κ1) is 14.9. The summed E-state index contributed by atoms with van der Waals surface area (Å²) in [4.78, 5) is 16.2. The van der Waals surface area contributed by atoms with E-state index in [1.807, 2.05) is 35.2 Å². The molecule has 110 valence electrons. The van der Waals surface area contributed by atoms with E-state index in [-0.39, 0.29) is 11.6 Å². The standard InChI is InChI=1S/C16H24N2O2/c1-16(17(2)3)10-7-11-18(13-16)15(19)20-12-14-8-5-4-6-9-14/h4-6,8-9H,7,10-13H2,1-3H3/t16-/m1/s1. The third-order valence-corrected chi connectivity index (χ3v) is 4.22. The van der Waals surface area contributed by atoms with Crippen LogP contribution in [0.1, 0.15) is 25.3 Å². The average Bonchev–Trinajstić information content (AvgIpc) is 2.46. The topological polar surface area (TPSA) is 32.8 Å². The predicted octanol–water partition coefficient (Wildman–Crippen LogP) is 2.74. The van der Waals surface area contributed by atoms with Crippen LogP contribution in [-0.4, -0.2) is 48.6 Å². The molecule has 0 bridgehead atoms. The first-order chi connectivity index (χ1) is 9.51. The molecule has 1 aliphatic heterocycles. The molecule has 2 rings (SSSR count). The van der Waals surface area contributed by atoms with Crippen molar-refractivity contribution in [3.05, 3.63) is 35.9 Å². The van der Waals surface area contributed by atoms with Crippen LogP contribution < -0.4 is 0 Å². The Kier molecular flexibility index (Phi) is 4.65. The molecule has 0 aliphatic carbocycles. The second kappa shape index (κ2) is 6.27.